The normalized spacial score (nSPS) is 10.0. The van der Waals surface area contributed by atoms with Gasteiger partial charge in [0.1, 0.15) is 0 Å². The zero-order chi connectivity index (χ0) is 16.8. The maximum Gasteiger partial charge on any atom is 0.255 e. The topological polar surface area (TPSA) is 132 Å². The first-order valence-corrected chi connectivity index (χ1v) is 6.86. The van der Waals surface area contributed by atoms with Crippen LogP contribution in [0, 0.1) is 0 Å². The molecule has 0 atom stereocenters. The standard InChI is InChI=1S/C16H18N6O.2ClH/c1-10(21-22-16(18)19)12-3-2-4-14(9-12)20-15(23)11-5-7-13(17)8-6-11;;/h2-9H,17H2,1H3,(H,20,23)(H4,18,19,22);2*1H/b21-10+;;. The van der Waals surface area contributed by atoms with E-state index in [0.717, 1.165) is 5.56 Å². The average Bonchev–Trinajstić information content (AvgIpc) is 2.53. The summed E-state index contributed by atoms with van der Waals surface area (Å²) in [5, 5.41) is 10.3. The molecular weight excluding hydrogens is 363 g/mol. The van der Waals surface area contributed by atoms with Crippen LogP contribution >= 0.6 is 24.8 Å². The minimum atomic E-state index is -0.221. The SMILES string of the molecule is C/C(=N\N=C(N)N)c1cccc(NC(=O)c2ccc(N)cc2)c1.Cl.Cl. The minimum absolute atomic E-state index is 0. The Morgan fingerprint density at radius 3 is 2.20 bits per heavy atom. The molecule has 7 N–H and O–H groups in total. The maximum atomic E-state index is 12.2. The number of amides is 1. The van der Waals surface area contributed by atoms with Gasteiger partial charge in [-0.2, -0.15) is 5.10 Å². The van der Waals surface area contributed by atoms with Gasteiger partial charge in [-0.1, -0.05) is 12.1 Å². The molecule has 0 heterocycles. The number of carbonyl (C=O) groups is 1. The molecule has 0 unspecified atom stereocenters. The van der Waals surface area contributed by atoms with Gasteiger partial charge in [0.25, 0.3) is 5.91 Å². The highest BCUT2D eigenvalue weighted by Gasteiger charge is 2.07. The Labute approximate surface area is 158 Å². The van der Waals surface area contributed by atoms with Gasteiger partial charge in [-0.15, -0.1) is 29.9 Å². The van der Waals surface area contributed by atoms with Crippen LogP contribution in [0.5, 0.6) is 0 Å². The van der Waals surface area contributed by atoms with Crippen molar-refractivity contribution in [1.29, 1.82) is 0 Å². The Hall–Kier alpha value is -2.77. The number of hydrogen-bond donors (Lipinski definition) is 4. The second-order valence-electron chi connectivity index (χ2n) is 4.87. The summed E-state index contributed by atoms with van der Waals surface area (Å²) < 4.78 is 0. The number of hydrogen-bond acceptors (Lipinski definition) is 4. The second kappa shape index (κ2) is 10.2. The monoisotopic (exact) mass is 382 g/mol. The van der Waals surface area contributed by atoms with Crippen molar-refractivity contribution in [3.8, 4) is 0 Å². The van der Waals surface area contributed by atoms with Crippen molar-refractivity contribution in [1.82, 2.24) is 0 Å². The highest BCUT2D eigenvalue weighted by Crippen LogP contribution is 2.14. The lowest BCUT2D eigenvalue weighted by molar-refractivity contribution is 0.102. The predicted molar refractivity (Wildman–Crippen MR) is 108 cm³/mol. The van der Waals surface area contributed by atoms with Crippen LogP contribution in [-0.2, 0) is 0 Å². The molecule has 2 aromatic rings. The Kier molecular flexibility index (Phi) is 9.04. The number of anilines is 2. The molecule has 25 heavy (non-hydrogen) atoms. The molecule has 0 aliphatic carbocycles. The number of nitrogens with two attached hydrogens (primary N) is 3. The van der Waals surface area contributed by atoms with Crippen molar-refractivity contribution in [2.45, 2.75) is 6.92 Å². The van der Waals surface area contributed by atoms with Gasteiger partial charge >= 0.3 is 0 Å². The zero-order valence-corrected chi connectivity index (χ0v) is 15.1. The van der Waals surface area contributed by atoms with Gasteiger partial charge in [-0.3, -0.25) is 4.79 Å². The summed E-state index contributed by atoms with van der Waals surface area (Å²) in [6.45, 7) is 1.77. The molecule has 0 aromatic heterocycles. The van der Waals surface area contributed by atoms with Crippen LogP contribution in [0.1, 0.15) is 22.8 Å². The lowest BCUT2D eigenvalue weighted by Gasteiger charge is -2.07. The van der Waals surface area contributed by atoms with Crippen molar-refractivity contribution in [3.05, 3.63) is 59.7 Å². The highest BCUT2D eigenvalue weighted by molar-refractivity contribution is 6.05. The summed E-state index contributed by atoms with van der Waals surface area (Å²) in [5.41, 5.74) is 19.3. The van der Waals surface area contributed by atoms with Gasteiger partial charge in [-0.25, -0.2) is 0 Å². The number of nitrogens with zero attached hydrogens (tertiary/aromatic N) is 2. The number of guanidine groups is 1. The fraction of sp³-hybridized carbons (Fsp3) is 0.0625. The van der Waals surface area contributed by atoms with E-state index in [2.05, 4.69) is 15.5 Å². The van der Waals surface area contributed by atoms with Crippen molar-refractivity contribution in [2.24, 2.45) is 21.7 Å². The van der Waals surface area contributed by atoms with E-state index >= 15 is 0 Å². The van der Waals surface area contributed by atoms with Crippen LogP contribution in [0.15, 0.2) is 58.7 Å². The van der Waals surface area contributed by atoms with Crippen LogP contribution in [0.3, 0.4) is 0 Å². The van der Waals surface area contributed by atoms with E-state index in [1.165, 1.54) is 0 Å². The molecule has 2 rings (SSSR count). The lowest BCUT2D eigenvalue weighted by atomic mass is 10.1. The average molecular weight is 383 g/mol. The summed E-state index contributed by atoms with van der Waals surface area (Å²) in [5.74, 6) is -0.335. The fourth-order valence-electron chi connectivity index (χ4n) is 1.85. The molecule has 9 heteroatoms. The number of carbonyl (C=O) groups excluding carboxylic acids is 1. The Bertz CT molecular complexity index is 770. The Balaban J connectivity index is 0.00000288. The van der Waals surface area contributed by atoms with Crippen LogP contribution in [0.25, 0.3) is 0 Å². The van der Waals surface area contributed by atoms with E-state index in [9.17, 15) is 4.79 Å². The molecule has 0 aliphatic rings. The molecule has 0 saturated heterocycles. The van der Waals surface area contributed by atoms with E-state index in [4.69, 9.17) is 17.2 Å². The third kappa shape index (κ3) is 6.70. The fourth-order valence-corrected chi connectivity index (χ4v) is 1.85. The largest absolute Gasteiger partial charge is 0.399 e. The summed E-state index contributed by atoms with van der Waals surface area (Å²) in [6.07, 6.45) is 0. The molecule has 2 aromatic carbocycles. The number of rotatable bonds is 4. The quantitative estimate of drug-likeness (QED) is 0.279. The third-order valence-electron chi connectivity index (χ3n) is 3.03. The van der Waals surface area contributed by atoms with Gasteiger partial charge in [0, 0.05) is 16.9 Å². The minimum Gasteiger partial charge on any atom is -0.399 e. The van der Waals surface area contributed by atoms with E-state index in [-0.39, 0.29) is 36.7 Å². The molecule has 1 amide bonds. The third-order valence-corrected chi connectivity index (χ3v) is 3.03. The Morgan fingerprint density at radius 1 is 0.960 bits per heavy atom. The van der Waals surface area contributed by atoms with Crippen LogP contribution in [-0.4, -0.2) is 17.6 Å². The van der Waals surface area contributed by atoms with Gasteiger partial charge < -0.3 is 22.5 Å². The van der Waals surface area contributed by atoms with Crippen LogP contribution < -0.4 is 22.5 Å². The van der Waals surface area contributed by atoms with Gasteiger partial charge in [0.2, 0.25) is 5.96 Å². The molecule has 7 nitrogen and oxygen atoms in total. The number of nitrogens with one attached hydrogen (secondary N) is 1. The summed E-state index contributed by atoms with van der Waals surface area (Å²) in [4.78, 5) is 12.2. The first-order chi connectivity index (χ1) is 11.0. The van der Waals surface area contributed by atoms with Crippen LogP contribution in [0.4, 0.5) is 11.4 Å². The molecule has 0 aliphatic heterocycles. The summed E-state index contributed by atoms with van der Waals surface area (Å²) in [7, 11) is 0. The smallest absolute Gasteiger partial charge is 0.255 e. The van der Waals surface area contributed by atoms with Crippen molar-refractivity contribution < 1.29 is 4.79 Å². The highest BCUT2D eigenvalue weighted by atomic mass is 35.5. The molecule has 0 radical (unpaired) electrons. The molecule has 0 spiro atoms. The molecular formula is C16H20Cl2N6O. The number of benzene rings is 2. The zero-order valence-electron chi connectivity index (χ0n) is 13.5. The predicted octanol–water partition coefficient (Wildman–Crippen LogP) is 2.36. The first-order valence-electron chi connectivity index (χ1n) is 6.86. The van der Waals surface area contributed by atoms with Gasteiger partial charge in [-0.05, 0) is 48.9 Å². The van der Waals surface area contributed by atoms with Gasteiger partial charge in [0.05, 0.1) is 5.71 Å². The number of halogens is 2. The van der Waals surface area contributed by atoms with E-state index in [1.807, 2.05) is 12.1 Å². The molecule has 0 bridgehead atoms. The maximum absolute atomic E-state index is 12.2. The molecule has 0 saturated carbocycles. The van der Waals surface area contributed by atoms with E-state index < -0.39 is 0 Å². The summed E-state index contributed by atoms with van der Waals surface area (Å²) in [6, 6.07) is 13.9. The Morgan fingerprint density at radius 2 is 1.60 bits per heavy atom. The molecule has 134 valence electrons. The van der Waals surface area contributed by atoms with Crippen molar-refractivity contribution >= 4 is 53.8 Å². The molecule has 0 fully saturated rings. The van der Waals surface area contributed by atoms with E-state index in [1.54, 1.807) is 43.3 Å². The van der Waals surface area contributed by atoms with Crippen LogP contribution in [0.2, 0.25) is 0 Å². The van der Waals surface area contributed by atoms with Crippen molar-refractivity contribution in [2.75, 3.05) is 11.1 Å². The first kappa shape index (κ1) is 22.2. The van der Waals surface area contributed by atoms with Crippen molar-refractivity contribution in [3.63, 3.8) is 0 Å². The lowest BCUT2D eigenvalue weighted by Crippen LogP contribution is -2.22. The summed E-state index contributed by atoms with van der Waals surface area (Å²) >= 11 is 0. The van der Waals surface area contributed by atoms with Gasteiger partial charge in [0.15, 0.2) is 0 Å². The number of nitrogen functional groups attached to an aromatic ring is 1. The van der Waals surface area contributed by atoms with E-state index in [0.29, 0.717) is 22.6 Å². The second-order valence-corrected chi connectivity index (χ2v) is 4.87.